The van der Waals surface area contributed by atoms with Crippen molar-refractivity contribution in [1.82, 2.24) is 10.3 Å². The van der Waals surface area contributed by atoms with Gasteiger partial charge in [-0.3, -0.25) is 15.1 Å². The zero-order valence-electron chi connectivity index (χ0n) is 17.0. The average molecular weight is 383 g/mol. The molecule has 28 heavy (non-hydrogen) atoms. The Hall–Kier alpha value is -2.60. The Morgan fingerprint density at radius 3 is 2.64 bits per heavy atom. The number of pyridine rings is 1. The molecular formula is C22H30N4O2. The molecule has 6 nitrogen and oxygen atoms in total. The van der Waals surface area contributed by atoms with Gasteiger partial charge in [0.05, 0.1) is 12.6 Å². The molecule has 0 atom stereocenters. The molecule has 1 aromatic heterocycles. The molecule has 0 spiro atoms. The van der Waals surface area contributed by atoms with Gasteiger partial charge in [0.2, 0.25) is 5.91 Å². The van der Waals surface area contributed by atoms with Gasteiger partial charge >= 0.3 is 0 Å². The molecule has 1 amide bonds. The van der Waals surface area contributed by atoms with Crippen molar-refractivity contribution in [3.05, 3.63) is 47.3 Å². The summed E-state index contributed by atoms with van der Waals surface area (Å²) in [4.78, 5) is 17.6. The molecule has 1 fully saturated rings. The van der Waals surface area contributed by atoms with Crippen LogP contribution in [-0.2, 0) is 11.3 Å². The van der Waals surface area contributed by atoms with Gasteiger partial charge in [0.15, 0.2) is 0 Å². The Morgan fingerprint density at radius 2 is 1.96 bits per heavy atom. The molecule has 6 heteroatoms. The smallest absolute Gasteiger partial charge is 0.244 e. The number of aryl methyl sites for hydroxylation is 2. The molecular weight excluding hydrogens is 352 g/mol. The molecule has 150 valence electrons. The summed E-state index contributed by atoms with van der Waals surface area (Å²) in [5.41, 5.74) is 9.86. The molecule has 1 heterocycles. The second-order valence-electron chi connectivity index (χ2n) is 7.60. The number of ether oxygens (including phenoxy) is 1. The predicted octanol–water partition coefficient (Wildman–Crippen LogP) is 3.72. The number of aromatic nitrogens is 1. The van der Waals surface area contributed by atoms with Crippen LogP contribution < -0.4 is 21.1 Å². The third-order valence-corrected chi connectivity index (χ3v) is 5.72. The highest BCUT2D eigenvalue weighted by Gasteiger charge is 2.39. The number of nitrogen functional groups attached to an aromatic ring is 1. The highest BCUT2D eigenvalue weighted by molar-refractivity contribution is 5.98. The molecule has 1 aromatic carbocycles. The first-order chi connectivity index (χ1) is 13.4. The molecule has 0 bridgehead atoms. The first-order valence-corrected chi connectivity index (χ1v) is 9.86. The lowest BCUT2D eigenvalue weighted by molar-refractivity contribution is -0.123. The zero-order chi connectivity index (χ0) is 20.1. The van der Waals surface area contributed by atoms with E-state index < -0.39 is 5.54 Å². The fourth-order valence-electron chi connectivity index (χ4n) is 3.89. The van der Waals surface area contributed by atoms with E-state index in [-0.39, 0.29) is 5.91 Å². The summed E-state index contributed by atoms with van der Waals surface area (Å²) in [5, 5.41) is 6.62. The Kier molecular flexibility index (Phi) is 6.19. The maximum atomic E-state index is 13.3. The van der Waals surface area contributed by atoms with Crippen LogP contribution in [0.2, 0.25) is 0 Å². The van der Waals surface area contributed by atoms with Crippen molar-refractivity contribution >= 4 is 17.3 Å². The molecule has 3 rings (SSSR count). The maximum Gasteiger partial charge on any atom is 0.244 e. The number of rotatable bonds is 6. The number of anilines is 2. The van der Waals surface area contributed by atoms with Crippen molar-refractivity contribution in [2.24, 2.45) is 0 Å². The van der Waals surface area contributed by atoms with Crippen molar-refractivity contribution in [3.8, 4) is 5.75 Å². The second kappa shape index (κ2) is 8.61. The van der Waals surface area contributed by atoms with Crippen LogP contribution in [-0.4, -0.2) is 23.5 Å². The fraction of sp³-hybridized carbons (Fsp3) is 0.455. The van der Waals surface area contributed by atoms with E-state index in [0.29, 0.717) is 12.2 Å². The summed E-state index contributed by atoms with van der Waals surface area (Å²) in [5.74, 6) is 0.764. The Bertz CT molecular complexity index is 824. The number of carbonyl (C=O) groups excluding carboxylic acids is 1. The summed E-state index contributed by atoms with van der Waals surface area (Å²) >= 11 is 0. The summed E-state index contributed by atoms with van der Waals surface area (Å²) in [6.45, 7) is 4.45. The number of amides is 1. The van der Waals surface area contributed by atoms with Gasteiger partial charge in [0.1, 0.15) is 5.75 Å². The lowest BCUT2D eigenvalue weighted by Crippen LogP contribution is -2.55. The van der Waals surface area contributed by atoms with Crippen LogP contribution in [0.25, 0.3) is 0 Å². The van der Waals surface area contributed by atoms with Crippen molar-refractivity contribution in [2.75, 3.05) is 18.2 Å². The minimum absolute atomic E-state index is 0.00165. The topological polar surface area (TPSA) is 89.3 Å². The van der Waals surface area contributed by atoms with Gasteiger partial charge in [-0.05, 0) is 44.4 Å². The molecule has 1 saturated carbocycles. The lowest BCUT2D eigenvalue weighted by Gasteiger charge is -2.37. The molecule has 0 unspecified atom stereocenters. The van der Waals surface area contributed by atoms with Crippen LogP contribution >= 0.6 is 0 Å². The first-order valence-electron chi connectivity index (χ1n) is 9.86. The highest BCUT2D eigenvalue weighted by atomic mass is 16.5. The molecule has 1 aliphatic rings. The van der Waals surface area contributed by atoms with Gasteiger partial charge in [-0.1, -0.05) is 25.3 Å². The number of nitrogens with one attached hydrogen (secondary N) is 2. The summed E-state index contributed by atoms with van der Waals surface area (Å²) in [6, 6.07) is 7.54. The van der Waals surface area contributed by atoms with E-state index in [1.807, 2.05) is 32.0 Å². The predicted molar refractivity (Wildman–Crippen MR) is 112 cm³/mol. The Labute approximate surface area is 166 Å². The molecule has 4 N–H and O–H groups in total. The first kappa shape index (κ1) is 20.1. The van der Waals surface area contributed by atoms with E-state index in [1.165, 1.54) is 0 Å². The summed E-state index contributed by atoms with van der Waals surface area (Å²) in [6.07, 6.45) is 6.53. The van der Waals surface area contributed by atoms with Crippen LogP contribution in [0.4, 0.5) is 11.4 Å². The zero-order valence-corrected chi connectivity index (χ0v) is 17.0. The van der Waals surface area contributed by atoms with Crippen molar-refractivity contribution < 1.29 is 9.53 Å². The number of benzene rings is 1. The van der Waals surface area contributed by atoms with Gasteiger partial charge in [0, 0.05) is 41.4 Å². The van der Waals surface area contributed by atoms with E-state index in [9.17, 15) is 4.79 Å². The monoisotopic (exact) mass is 382 g/mol. The van der Waals surface area contributed by atoms with Crippen molar-refractivity contribution in [3.63, 3.8) is 0 Å². The average Bonchev–Trinajstić information content (AvgIpc) is 2.69. The SMILES string of the molecule is COc1cc(NC(=O)C2(NCc3c(N)ccnc3C)CCCCC2)ccc1C. The van der Waals surface area contributed by atoms with Crippen LogP contribution in [0.1, 0.15) is 48.9 Å². The number of hydrogen-bond acceptors (Lipinski definition) is 5. The normalized spacial score (nSPS) is 15.8. The van der Waals surface area contributed by atoms with Gasteiger partial charge in [0.25, 0.3) is 0 Å². The summed E-state index contributed by atoms with van der Waals surface area (Å²) in [7, 11) is 1.64. The number of carbonyl (C=O) groups is 1. The van der Waals surface area contributed by atoms with E-state index in [4.69, 9.17) is 10.5 Å². The van der Waals surface area contributed by atoms with Gasteiger partial charge in [-0.25, -0.2) is 0 Å². The standard InChI is InChI=1S/C22H30N4O2/c1-15-7-8-17(13-20(15)28-3)26-21(27)22(10-5-4-6-11-22)25-14-18-16(2)24-12-9-19(18)23/h7-9,12-13,25H,4-6,10-11,14H2,1-3H3,(H2,23,24)(H,26,27). The van der Waals surface area contributed by atoms with Crippen molar-refractivity contribution in [1.29, 1.82) is 0 Å². The Morgan fingerprint density at radius 1 is 1.21 bits per heavy atom. The molecule has 1 aliphatic carbocycles. The Balaban J connectivity index is 1.79. The summed E-state index contributed by atoms with van der Waals surface area (Å²) < 4.78 is 5.38. The quantitative estimate of drug-likeness (QED) is 0.708. The number of methoxy groups -OCH3 is 1. The third-order valence-electron chi connectivity index (χ3n) is 5.72. The van der Waals surface area contributed by atoms with Crippen LogP contribution in [0.15, 0.2) is 30.5 Å². The highest BCUT2D eigenvalue weighted by Crippen LogP contribution is 2.31. The largest absolute Gasteiger partial charge is 0.496 e. The van der Waals surface area contributed by atoms with Gasteiger partial charge in [-0.15, -0.1) is 0 Å². The lowest BCUT2D eigenvalue weighted by atomic mass is 9.80. The minimum atomic E-state index is -0.606. The van der Waals surface area contributed by atoms with Crippen molar-refractivity contribution in [2.45, 2.75) is 58.0 Å². The van der Waals surface area contributed by atoms with E-state index in [1.54, 1.807) is 19.4 Å². The molecule has 0 saturated heterocycles. The van der Waals surface area contributed by atoms with E-state index >= 15 is 0 Å². The fourth-order valence-corrected chi connectivity index (χ4v) is 3.89. The van der Waals surface area contributed by atoms with Crippen LogP contribution in [0, 0.1) is 13.8 Å². The minimum Gasteiger partial charge on any atom is -0.496 e. The molecule has 0 radical (unpaired) electrons. The second-order valence-corrected chi connectivity index (χ2v) is 7.60. The van der Waals surface area contributed by atoms with Gasteiger partial charge in [-0.2, -0.15) is 0 Å². The number of hydrogen-bond donors (Lipinski definition) is 3. The maximum absolute atomic E-state index is 13.3. The number of nitrogens with zero attached hydrogens (tertiary/aromatic N) is 1. The van der Waals surface area contributed by atoms with Gasteiger partial charge < -0.3 is 15.8 Å². The van der Waals surface area contributed by atoms with E-state index in [0.717, 1.165) is 60.4 Å². The molecule has 2 aromatic rings. The van der Waals surface area contributed by atoms with E-state index in [2.05, 4.69) is 15.6 Å². The molecule has 0 aliphatic heterocycles. The van der Waals surface area contributed by atoms with Crippen LogP contribution in [0.5, 0.6) is 5.75 Å². The number of nitrogens with two attached hydrogens (primary N) is 1. The third kappa shape index (κ3) is 4.28. The van der Waals surface area contributed by atoms with Crippen LogP contribution in [0.3, 0.4) is 0 Å².